The molecule has 5 rings (SSSR count). The van der Waals surface area contributed by atoms with Crippen LogP contribution in [0.1, 0.15) is 29.9 Å². The number of carbonyl (C=O) groups excluding carboxylic acids is 2. The Morgan fingerprint density at radius 2 is 1.93 bits per heavy atom. The second-order valence-electron chi connectivity index (χ2n) is 9.76. The predicted molar refractivity (Wildman–Crippen MR) is 159 cm³/mol. The molecule has 4 aromatic rings. The number of hydrogen-bond donors (Lipinski definition) is 1. The molecule has 218 valence electrons. The van der Waals surface area contributed by atoms with Crippen molar-refractivity contribution in [2.45, 2.75) is 30.3 Å². The first-order valence-electron chi connectivity index (χ1n) is 13.1. The molecular formula is C28H27Cl2N7O4S. The van der Waals surface area contributed by atoms with E-state index in [1.54, 1.807) is 36.2 Å². The molecule has 1 saturated carbocycles. The average molecular weight is 629 g/mol. The van der Waals surface area contributed by atoms with Gasteiger partial charge in [0.1, 0.15) is 5.75 Å². The zero-order chi connectivity index (χ0) is 29.6. The lowest BCUT2D eigenvalue weighted by Gasteiger charge is -2.17. The molecule has 1 aliphatic carbocycles. The summed E-state index contributed by atoms with van der Waals surface area (Å²) in [5.74, 6) is 0.484. The molecule has 0 atom stereocenters. The molecule has 2 aromatic heterocycles. The van der Waals surface area contributed by atoms with Gasteiger partial charge in [-0.25, -0.2) is 0 Å². The Kier molecular flexibility index (Phi) is 9.45. The number of likely N-dealkylation sites (N-methyl/N-ethyl adjacent to an activating group) is 1. The fourth-order valence-corrected chi connectivity index (χ4v) is 5.25. The molecular weight excluding hydrogens is 601 g/mol. The van der Waals surface area contributed by atoms with Crippen LogP contribution < -0.4 is 14.8 Å². The Balaban J connectivity index is 1.09. The molecule has 0 spiro atoms. The summed E-state index contributed by atoms with van der Waals surface area (Å²) in [5.41, 5.74) is 3.20. The number of hydrogen-bond acceptors (Lipinski definition) is 8. The van der Waals surface area contributed by atoms with Crippen molar-refractivity contribution in [3.8, 4) is 11.4 Å². The number of anilines is 1. The van der Waals surface area contributed by atoms with Crippen LogP contribution in [-0.4, -0.2) is 62.9 Å². The number of pyridine rings is 1. The van der Waals surface area contributed by atoms with Gasteiger partial charge in [-0.1, -0.05) is 41.0 Å². The summed E-state index contributed by atoms with van der Waals surface area (Å²) in [6, 6.07) is 14.1. The van der Waals surface area contributed by atoms with Crippen LogP contribution in [0.25, 0.3) is 5.69 Å². The number of ether oxygens (including phenoxy) is 1. The highest BCUT2D eigenvalue weighted by Crippen LogP contribution is 2.41. The van der Waals surface area contributed by atoms with Gasteiger partial charge in [-0.3, -0.25) is 9.59 Å². The minimum absolute atomic E-state index is 0.0352. The van der Waals surface area contributed by atoms with Gasteiger partial charge in [0.05, 0.1) is 27.2 Å². The summed E-state index contributed by atoms with van der Waals surface area (Å²) < 4.78 is 7.84. The van der Waals surface area contributed by atoms with Crippen molar-refractivity contribution in [2.75, 3.05) is 31.3 Å². The van der Waals surface area contributed by atoms with Crippen molar-refractivity contribution < 1.29 is 19.1 Å². The largest absolute Gasteiger partial charge is 0.619 e. The van der Waals surface area contributed by atoms with Crippen molar-refractivity contribution in [2.24, 2.45) is 0 Å². The van der Waals surface area contributed by atoms with Gasteiger partial charge in [-0.05, 0) is 71.0 Å². The fourth-order valence-electron chi connectivity index (χ4n) is 4.08. The van der Waals surface area contributed by atoms with Gasteiger partial charge in [-0.2, -0.15) is 9.41 Å². The smallest absolute Gasteiger partial charge is 0.260 e. The Morgan fingerprint density at radius 3 is 2.64 bits per heavy atom. The lowest BCUT2D eigenvalue weighted by atomic mass is 10.1. The van der Waals surface area contributed by atoms with Crippen molar-refractivity contribution in [3.05, 3.63) is 87.3 Å². The number of nitrogens with one attached hydrogen (secondary N) is 1. The second kappa shape index (κ2) is 13.4. The lowest BCUT2D eigenvalue weighted by molar-refractivity contribution is -0.605. The highest BCUT2D eigenvalue weighted by Gasteiger charge is 2.24. The average Bonchev–Trinajstić information content (AvgIpc) is 3.73. The molecule has 2 aromatic carbocycles. The molecule has 11 nitrogen and oxygen atoms in total. The number of amides is 2. The highest BCUT2D eigenvalue weighted by atomic mass is 35.5. The van der Waals surface area contributed by atoms with Gasteiger partial charge in [0.15, 0.2) is 19.0 Å². The van der Waals surface area contributed by atoms with E-state index in [1.807, 2.05) is 18.2 Å². The Bertz CT molecular complexity index is 1580. The molecule has 1 N–H and O–H groups in total. The van der Waals surface area contributed by atoms with E-state index in [4.69, 9.17) is 27.9 Å². The summed E-state index contributed by atoms with van der Waals surface area (Å²) in [7, 11) is 1.68. The summed E-state index contributed by atoms with van der Waals surface area (Å²) in [6.45, 7) is 0.299. The van der Waals surface area contributed by atoms with Crippen LogP contribution in [0.5, 0.6) is 5.75 Å². The second-order valence-corrected chi connectivity index (χ2v) is 11.5. The number of carbonyl (C=O) groups is 2. The molecule has 0 bridgehead atoms. The van der Waals surface area contributed by atoms with Crippen LogP contribution in [-0.2, 0) is 16.0 Å². The van der Waals surface area contributed by atoms with Gasteiger partial charge < -0.3 is 20.2 Å². The summed E-state index contributed by atoms with van der Waals surface area (Å²) in [4.78, 5) is 26.7. The Labute approximate surface area is 256 Å². The third kappa shape index (κ3) is 7.69. The maximum absolute atomic E-state index is 12.7. The molecule has 0 unspecified atom stereocenters. The fraction of sp³-hybridized carbons (Fsp3) is 0.286. The minimum Gasteiger partial charge on any atom is -0.619 e. The van der Waals surface area contributed by atoms with Gasteiger partial charge in [0, 0.05) is 31.8 Å². The third-order valence-electron chi connectivity index (χ3n) is 6.63. The topological polar surface area (TPSA) is 129 Å². The highest BCUT2D eigenvalue weighted by molar-refractivity contribution is 7.99. The van der Waals surface area contributed by atoms with Gasteiger partial charge in [0.2, 0.25) is 11.1 Å². The first-order chi connectivity index (χ1) is 20.3. The van der Waals surface area contributed by atoms with Crippen LogP contribution >= 0.6 is 35.0 Å². The third-order valence-corrected chi connectivity index (χ3v) is 8.17. The molecule has 42 heavy (non-hydrogen) atoms. The van der Waals surface area contributed by atoms with Crippen LogP contribution in [0.2, 0.25) is 10.0 Å². The van der Waals surface area contributed by atoms with Gasteiger partial charge in [0.25, 0.3) is 5.91 Å². The molecule has 2 heterocycles. The van der Waals surface area contributed by atoms with Crippen molar-refractivity contribution in [1.82, 2.24) is 25.1 Å². The quantitative estimate of drug-likeness (QED) is 0.140. The van der Waals surface area contributed by atoms with Crippen LogP contribution in [0, 0.1) is 5.21 Å². The maximum Gasteiger partial charge on any atom is 0.260 e. The molecule has 0 radical (unpaired) electrons. The van der Waals surface area contributed by atoms with E-state index >= 15 is 0 Å². The number of tetrazole rings is 1. The molecule has 1 aliphatic rings. The number of thioether (sulfide) groups is 1. The van der Waals surface area contributed by atoms with Crippen molar-refractivity contribution in [3.63, 3.8) is 0 Å². The maximum atomic E-state index is 12.7. The van der Waals surface area contributed by atoms with Crippen molar-refractivity contribution in [1.29, 1.82) is 0 Å². The summed E-state index contributed by atoms with van der Waals surface area (Å²) in [5, 5.41) is 27.0. The SMILES string of the molecule is CN(CCc1cc[n+]([O-])cc1)C(=O)COc1ccc(NC(=O)CSc2nnnn2-c2ccc(C3CC3)cc2Cl)c(Cl)c1. The summed E-state index contributed by atoms with van der Waals surface area (Å²) >= 11 is 14.0. The van der Waals surface area contributed by atoms with Gasteiger partial charge >= 0.3 is 0 Å². The van der Waals surface area contributed by atoms with Crippen LogP contribution in [0.4, 0.5) is 5.69 Å². The van der Waals surface area contributed by atoms with E-state index in [1.165, 1.54) is 41.5 Å². The lowest BCUT2D eigenvalue weighted by Crippen LogP contribution is -2.33. The molecule has 14 heteroatoms. The van der Waals surface area contributed by atoms with E-state index in [0.717, 1.165) is 17.3 Å². The number of aromatic nitrogens is 5. The van der Waals surface area contributed by atoms with E-state index in [0.29, 0.717) is 50.9 Å². The van der Waals surface area contributed by atoms with E-state index in [9.17, 15) is 14.8 Å². The predicted octanol–water partition coefficient (Wildman–Crippen LogP) is 4.29. The number of halogens is 2. The van der Waals surface area contributed by atoms with Crippen LogP contribution in [0.3, 0.4) is 0 Å². The zero-order valence-electron chi connectivity index (χ0n) is 22.6. The standard InChI is InChI=1S/C28H27Cl2N7O4S/c1-35(11-8-18-9-12-36(40)13-10-18)27(39)16-41-21-5-6-24(22(29)15-21)31-26(38)17-42-28-32-33-34-37(28)25-7-4-20(14-23(25)30)19-2-3-19/h4-7,9-10,12-15,19H,2-3,8,11,16-17H2,1H3,(H,31,38). The Morgan fingerprint density at radius 1 is 1.14 bits per heavy atom. The van der Waals surface area contributed by atoms with Crippen molar-refractivity contribution >= 4 is 52.5 Å². The van der Waals surface area contributed by atoms with E-state index in [2.05, 4.69) is 20.8 Å². The van der Waals surface area contributed by atoms with Crippen LogP contribution in [0.15, 0.2) is 66.1 Å². The first kappa shape index (κ1) is 29.6. The molecule has 2 amide bonds. The Hall–Kier alpha value is -3.87. The molecule has 1 fully saturated rings. The monoisotopic (exact) mass is 627 g/mol. The van der Waals surface area contributed by atoms with Gasteiger partial charge in [-0.15, -0.1) is 5.10 Å². The number of benzene rings is 2. The number of nitrogens with zero attached hydrogens (tertiary/aromatic N) is 6. The summed E-state index contributed by atoms with van der Waals surface area (Å²) in [6.07, 6.45) is 5.80. The normalized spacial score (nSPS) is 12.6. The molecule has 0 saturated heterocycles. The minimum atomic E-state index is -0.305. The number of rotatable bonds is 12. The van der Waals surface area contributed by atoms with E-state index in [-0.39, 0.29) is 29.2 Å². The van der Waals surface area contributed by atoms with E-state index < -0.39 is 0 Å². The molecule has 0 aliphatic heterocycles. The zero-order valence-corrected chi connectivity index (χ0v) is 24.9. The first-order valence-corrected chi connectivity index (χ1v) is 14.9.